The smallest absolute Gasteiger partial charge is 0.295 e. The Morgan fingerprint density at radius 3 is 2.73 bits per heavy atom. The summed E-state index contributed by atoms with van der Waals surface area (Å²) in [4.78, 5) is 34.4. The summed E-state index contributed by atoms with van der Waals surface area (Å²) < 4.78 is 2.76. The van der Waals surface area contributed by atoms with Crippen LogP contribution in [-0.4, -0.2) is 19.1 Å². The molecular weight excluding hydrogens is 300 g/mol. The van der Waals surface area contributed by atoms with Crippen molar-refractivity contribution in [1.82, 2.24) is 19.1 Å². The van der Waals surface area contributed by atoms with Crippen molar-refractivity contribution < 1.29 is 0 Å². The maximum Gasteiger partial charge on any atom is 0.331 e. The Morgan fingerprint density at radius 1 is 1.27 bits per heavy atom. The predicted molar refractivity (Wildman–Crippen MR) is 86.5 cm³/mol. The lowest BCUT2D eigenvalue weighted by molar-refractivity contribution is 0.606. The number of aromatic nitrogens is 4. The summed E-state index contributed by atoms with van der Waals surface area (Å²) in [5.74, 6) is 0. The molecule has 3 heterocycles. The van der Waals surface area contributed by atoms with Crippen molar-refractivity contribution in [3.8, 4) is 0 Å². The van der Waals surface area contributed by atoms with Crippen LogP contribution in [0.4, 0.5) is 0 Å². The van der Waals surface area contributed by atoms with E-state index in [2.05, 4.69) is 9.97 Å². The Hall–Kier alpha value is -2.28. The van der Waals surface area contributed by atoms with Gasteiger partial charge in [-0.05, 0) is 19.9 Å². The van der Waals surface area contributed by atoms with E-state index in [1.54, 1.807) is 36.8 Å². The molecule has 7 heteroatoms. The zero-order chi connectivity index (χ0) is 15.9. The predicted octanol–water partition coefficient (Wildman–Crippen LogP) is 1.41. The fourth-order valence-electron chi connectivity index (χ4n) is 2.57. The van der Waals surface area contributed by atoms with Gasteiger partial charge in [0.1, 0.15) is 0 Å². The number of hydrogen-bond donors (Lipinski definition) is 0. The molecule has 0 spiro atoms. The molecule has 3 rings (SSSR count). The normalized spacial score (nSPS) is 11.2. The van der Waals surface area contributed by atoms with Gasteiger partial charge in [0.05, 0.1) is 27.8 Å². The molecule has 22 heavy (non-hydrogen) atoms. The van der Waals surface area contributed by atoms with Crippen LogP contribution in [0.5, 0.6) is 0 Å². The number of nitrogens with zero attached hydrogens (tertiary/aromatic N) is 4. The molecule has 0 unspecified atom stereocenters. The van der Waals surface area contributed by atoms with Gasteiger partial charge >= 0.3 is 5.69 Å². The van der Waals surface area contributed by atoms with E-state index in [0.717, 1.165) is 15.6 Å². The number of thiazole rings is 1. The molecule has 0 saturated heterocycles. The van der Waals surface area contributed by atoms with Gasteiger partial charge in [0, 0.05) is 31.1 Å². The van der Waals surface area contributed by atoms with Gasteiger partial charge in [-0.3, -0.25) is 18.9 Å². The summed E-state index contributed by atoms with van der Waals surface area (Å²) in [6.07, 6.45) is 3.73. The number of rotatable bonds is 3. The first-order chi connectivity index (χ1) is 10.5. The molecule has 3 aromatic heterocycles. The van der Waals surface area contributed by atoms with Crippen LogP contribution in [0.25, 0.3) is 10.9 Å². The maximum absolute atomic E-state index is 12.5. The third-order valence-electron chi connectivity index (χ3n) is 3.72. The van der Waals surface area contributed by atoms with E-state index in [1.165, 1.54) is 9.13 Å². The lowest BCUT2D eigenvalue weighted by atomic mass is 10.2. The molecule has 6 nitrogen and oxygen atoms in total. The molecule has 0 aliphatic heterocycles. The van der Waals surface area contributed by atoms with Crippen molar-refractivity contribution in [1.29, 1.82) is 0 Å². The van der Waals surface area contributed by atoms with Crippen LogP contribution in [0, 0.1) is 13.8 Å². The first-order valence-corrected chi connectivity index (χ1v) is 7.77. The highest BCUT2D eigenvalue weighted by Gasteiger charge is 2.12. The van der Waals surface area contributed by atoms with Gasteiger partial charge in [-0.15, -0.1) is 11.3 Å². The zero-order valence-electron chi connectivity index (χ0n) is 12.7. The number of aryl methyl sites for hydroxylation is 4. The fourth-order valence-corrected chi connectivity index (χ4v) is 3.49. The van der Waals surface area contributed by atoms with Crippen LogP contribution < -0.4 is 11.2 Å². The summed E-state index contributed by atoms with van der Waals surface area (Å²) in [5.41, 5.74) is 0.944. The molecule has 0 aliphatic rings. The summed E-state index contributed by atoms with van der Waals surface area (Å²) >= 11 is 1.61. The van der Waals surface area contributed by atoms with E-state index < -0.39 is 0 Å². The molecule has 0 N–H and O–H groups in total. The molecule has 0 fully saturated rings. The minimum atomic E-state index is -0.315. The zero-order valence-corrected chi connectivity index (χ0v) is 13.5. The van der Waals surface area contributed by atoms with Gasteiger partial charge < -0.3 is 0 Å². The highest BCUT2D eigenvalue weighted by atomic mass is 32.1. The van der Waals surface area contributed by atoms with Gasteiger partial charge in [-0.2, -0.15) is 0 Å². The van der Waals surface area contributed by atoms with Crippen LogP contribution >= 0.6 is 11.3 Å². The second-order valence-electron chi connectivity index (χ2n) is 5.18. The van der Waals surface area contributed by atoms with Crippen LogP contribution in [0.15, 0.2) is 28.0 Å². The van der Waals surface area contributed by atoms with E-state index in [-0.39, 0.29) is 11.2 Å². The summed E-state index contributed by atoms with van der Waals surface area (Å²) in [6, 6.07) is 1.65. The van der Waals surface area contributed by atoms with E-state index in [0.29, 0.717) is 23.9 Å². The fraction of sp³-hybridized carbons (Fsp3) is 0.333. The Labute approximate surface area is 130 Å². The molecular formula is C15H16N4O2S. The van der Waals surface area contributed by atoms with Crippen molar-refractivity contribution in [2.45, 2.75) is 26.8 Å². The van der Waals surface area contributed by atoms with E-state index >= 15 is 0 Å². The molecule has 0 aromatic carbocycles. The molecule has 0 amide bonds. The van der Waals surface area contributed by atoms with Crippen molar-refractivity contribution in [3.05, 3.63) is 54.9 Å². The van der Waals surface area contributed by atoms with E-state index in [4.69, 9.17) is 0 Å². The quantitative estimate of drug-likeness (QED) is 0.732. The number of hydrogen-bond acceptors (Lipinski definition) is 5. The maximum atomic E-state index is 12.5. The largest absolute Gasteiger partial charge is 0.331 e. The van der Waals surface area contributed by atoms with Crippen molar-refractivity contribution in [3.63, 3.8) is 0 Å². The Kier molecular flexibility index (Phi) is 3.66. The van der Waals surface area contributed by atoms with Gasteiger partial charge in [0.25, 0.3) is 5.56 Å². The molecule has 0 radical (unpaired) electrons. The van der Waals surface area contributed by atoms with Gasteiger partial charge in [-0.25, -0.2) is 9.78 Å². The molecule has 3 aromatic rings. The lowest BCUT2D eigenvalue weighted by Gasteiger charge is -2.09. The number of fused-ring (bicyclic) bond motifs is 1. The van der Waals surface area contributed by atoms with Crippen molar-refractivity contribution >= 4 is 22.2 Å². The van der Waals surface area contributed by atoms with E-state index in [1.807, 2.05) is 13.8 Å². The lowest BCUT2D eigenvalue weighted by Crippen LogP contribution is -2.39. The third-order valence-corrected chi connectivity index (χ3v) is 4.85. The van der Waals surface area contributed by atoms with E-state index in [9.17, 15) is 9.59 Å². The van der Waals surface area contributed by atoms with Gasteiger partial charge in [0.2, 0.25) is 0 Å². The molecule has 0 aliphatic carbocycles. The standard InChI is InChI=1S/C15H16N4O2S/c1-9-13(22-10(2)17-9)5-7-19-14(20)11-4-6-16-8-12(11)18(3)15(19)21/h4,6,8H,5,7H2,1-3H3. The molecule has 0 bridgehead atoms. The third kappa shape index (κ3) is 2.37. The average Bonchev–Trinajstić information content (AvgIpc) is 2.83. The molecule has 0 atom stereocenters. The van der Waals surface area contributed by atoms with Crippen molar-refractivity contribution in [2.75, 3.05) is 0 Å². The first kappa shape index (κ1) is 14.6. The highest BCUT2D eigenvalue weighted by Crippen LogP contribution is 2.17. The topological polar surface area (TPSA) is 69.8 Å². The highest BCUT2D eigenvalue weighted by molar-refractivity contribution is 7.11. The molecule has 0 saturated carbocycles. The SMILES string of the molecule is Cc1nc(C)c(CCn2c(=O)c3ccncc3n(C)c2=O)s1. The second-order valence-corrected chi connectivity index (χ2v) is 6.47. The van der Waals surface area contributed by atoms with Crippen LogP contribution in [0.2, 0.25) is 0 Å². The Bertz CT molecular complexity index is 968. The van der Waals surface area contributed by atoms with Gasteiger partial charge in [0.15, 0.2) is 0 Å². The Balaban J connectivity index is 2.06. The molecule has 114 valence electrons. The van der Waals surface area contributed by atoms with Crippen LogP contribution in [0.3, 0.4) is 0 Å². The second kappa shape index (κ2) is 5.49. The minimum absolute atomic E-state index is 0.264. The Morgan fingerprint density at radius 2 is 2.05 bits per heavy atom. The summed E-state index contributed by atoms with van der Waals surface area (Å²) in [7, 11) is 1.66. The minimum Gasteiger partial charge on any atom is -0.295 e. The number of pyridine rings is 1. The van der Waals surface area contributed by atoms with Gasteiger partial charge in [-0.1, -0.05) is 0 Å². The monoisotopic (exact) mass is 316 g/mol. The average molecular weight is 316 g/mol. The van der Waals surface area contributed by atoms with Crippen LogP contribution in [0.1, 0.15) is 15.6 Å². The summed E-state index contributed by atoms with van der Waals surface area (Å²) in [5, 5.41) is 1.51. The van der Waals surface area contributed by atoms with Crippen LogP contribution in [-0.2, 0) is 20.0 Å². The first-order valence-electron chi connectivity index (χ1n) is 6.95. The summed E-state index contributed by atoms with van der Waals surface area (Å²) in [6.45, 7) is 4.26. The van der Waals surface area contributed by atoms with Crippen molar-refractivity contribution in [2.24, 2.45) is 7.05 Å².